The van der Waals surface area contributed by atoms with Gasteiger partial charge < -0.3 is 9.84 Å². The van der Waals surface area contributed by atoms with E-state index in [-0.39, 0.29) is 11.7 Å². The Labute approximate surface area is 73.9 Å². The Morgan fingerprint density at radius 2 is 2.08 bits per heavy atom. The van der Waals surface area contributed by atoms with E-state index in [1.165, 1.54) is 6.42 Å². The molecule has 2 heteroatoms. The topological polar surface area (TPSA) is 32.8 Å². The molecule has 1 saturated carbocycles. The van der Waals surface area contributed by atoms with Crippen molar-refractivity contribution in [2.45, 2.75) is 44.8 Å². The average molecular weight is 170 g/mol. The molecule has 1 N–H and O–H groups in total. The third-order valence-corrected chi connectivity index (χ3v) is 3.46. The summed E-state index contributed by atoms with van der Waals surface area (Å²) in [6.07, 6.45) is 3.23. The second kappa shape index (κ2) is 2.71. The van der Waals surface area contributed by atoms with Crippen LogP contribution < -0.4 is 0 Å². The van der Waals surface area contributed by atoms with Crippen molar-refractivity contribution in [3.05, 3.63) is 0 Å². The summed E-state index contributed by atoms with van der Waals surface area (Å²) in [5.74, 6) is 1.09. The summed E-state index contributed by atoms with van der Waals surface area (Å²) in [6.45, 7) is 5.19. The van der Waals surface area contributed by atoms with Crippen LogP contribution in [0.2, 0.25) is 0 Å². The van der Waals surface area contributed by atoms with Crippen LogP contribution in [0.25, 0.3) is 0 Å². The highest BCUT2D eigenvalue weighted by atomic mass is 16.6. The monoisotopic (exact) mass is 170 g/mol. The van der Waals surface area contributed by atoms with Crippen molar-refractivity contribution in [2.75, 3.05) is 6.61 Å². The lowest BCUT2D eigenvalue weighted by atomic mass is 9.75. The number of ether oxygens (including phenoxy) is 1. The van der Waals surface area contributed by atoms with Gasteiger partial charge in [-0.25, -0.2) is 0 Å². The van der Waals surface area contributed by atoms with Crippen LogP contribution in [-0.2, 0) is 4.74 Å². The SMILES string of the molecule is C[C@H]1CC[C@H]([C@]2(C)CO2)[C@H](O)C1. The maximum Gasteiger partial charge on any atom is 0.0941 e. The summed E-state index contributed by atoms with van der Waals surface area (Å²) in [4.78, 5) is 0. The summed E-state index contributed by atoms with van der Waals surface area (Å²) in [6, 6.07) is 0. The van der Waals surface area contributed by atoms with Crippen LogP contribution >= 0.6 is 0 Å². The van der Waals surface area contributed by atoms with Crippen molar-refractivity contribution in [3.63, 3.8) is 0 Å². The lowest BCUT2D eigenvalue weighted by molar-refractivity contribution is 0.0103. The van der Waals surface area contributed by atoms with E-state index in [0.717, 1.165) is 19.4 Å². The molecular formula is C10H18O2. The smallest absolute Gasteiger partial charge is 0.0941 e. The van der Waals surface area contributed by atoms with Gasteiger partial charge >= 0.3 is 0 Å². The highest BCUT2D eigenvalue weighted by molar-refractivity contribution is 4.99. The molecule has 0 bridgehead atoms. The lowest BCUT2D eigenvalue weighted by Crippen LogP contribution is -2.37. The summed E-state index contributed by atoms with van der Waals surface area (Å²) in [7, 11) is 0. The summed E-state index contributed by atoms with van der Waals surface area (Å²) in [5, 5.41) is 9.83. The highest BCUT2D eigenvalue weighted by Crippen LogP contribution is 2.44. The van der Waals surface area contributed by atoms with Crippen molar-refractivity contribution in [1.29, 1.82) is 0 Å². The van der Waals surface area contributed by atoms with Gasteiger partial charge in [-0.1, -0.05) is 13.3 Å². The van der Waals surface area contributed by atoms with E-state index in [1.807, 2.05) is 0 Å². The second-order valence-electron chi connectivity index (χ2n) is 4.69. The maximum absolute atomic E-state index is 9.83. The fourth-order valence-electron chi connectivity index (χ4n) is 2.39. The van der Waals surface area contributed by atoms with Gasteiger partial charge in [0, 0.05) is 5.92 Å². The van der Waals surface area contributed by atoms with E-state index in [0.29, 0.717) is 11.8 Å². The van der Waals surface area contributed by atoms with Gasteiger partial charge in [0.1, 0.15) is 0 Å². The first-order valence-electron chi connectivity index (χ1n) is 4.94. The molecule has 0 unspecified atom stereocenters. The lowest BCUT2D eigenvalue weighted by Gasteiger charge is -2.33. The molecule has 0 radical (unpaired) electrons. The fraction of sp³-hybridized carbons (Fsp3) is 1.00. The first kappa shape index (κ1) is 8.52. The molecule has 0 aromatic heterocycles. The van der Waals surface area contributed by atoms with Gasteiger partial charge in [0.05, 0.1) is 18.3 Å². The molecule has 2 rings (SSSR count). The zero-order valence-corrected chi connectivity index (χ0v) is 7.92. The molecule has 0 aromatic rings. The molecule has 0 aromatic carbocycles. The highest BCUT2D eigenvalue weighted by Gasteiger charge is 2.50. The van der Waals surface area contributed by atoms with Crippen LogP contribution in [0.15, 0.2) is 0 Å². The normalized spacial score (nSPS) is 53.8. The van der Waals surface area contributed by atoms with Gasteiger partial charge in [-0.3, -0.25) is 0 Å². The fourth-order valence-corrected chi connectivity index (χ4v) is 2.39. The molecule has 0 spiro atoms. The summed E-state index contributed by atoms with van der Waals surface area (Å²) in [5.41, 5.74) is 0.0273. The number of aliphatic hydroxyl groups is 1. The van der Waals surface area contributed by atoms with Gasteiger partial charge in [0.15, 0.2) is 0 Å². The minimum absolute atomic E-state index is 0.0273. The molecule has 2 fully saturated rings. The van der Waals surface area contributed by atoms with Gasteiger partial charge in [0.25, 0.3) is 0 Å². The standard InChI is InChI=1S/C10H18O2/c1-7-3-4-8(9(11)5-7)10(2)6-12-10/h7-9,11H,3-6H2,1-2H3/t7-,8-,9+,10-/m0/s1. The number of epoxide rings is 1. The minimum atomic E-state index is -0.124. The Morgan fingerprint density at radius 1 is 1.42 bits per heavy atom. The predicted molar refractivity (Wildman–Crippen MR) is 46.9 cm³/mol. The molecule has 12 heavy (non-hydrogen) atoms. The number of rotatable bonds is 1. The Kier molecular flexibility index (Phi) is 1.92. The Balaban J connectivity index is 1.98. The van der Waals surface area contributed by atoms with Crippen molar-refractivity contribution < 1.29 is 9.84 Å². The Hall–Kier alpha value is -0.0800. The predicted octanol–water partition coefficient (Wildman–Crippen LogP) is 1.57. The van der Waals surface area contributed by atoms with Gasteiger partial charge in [-0.2, -0.15) is 0 Å². The van der Waals surface area contributed by atoms with Crippen LogP contribution in [0.4, 0.5) is 0 Å². The van der Waals surface area contributed by atoms with Crippen molar-refractivity contribution >= 4 is 0 Å². The molecule has 2 aliphatic rings. The van der Waals surface area contributed by atoms with Gasteiger partial charge in [0.2, 0.25) is 0 Å². The summed E-state index contributed by atoms with van der Waals surface area (Å²) < 4.78 is 5.38. The van der Waals surface area contributed by atoms with E-state index in [4.69, 9.17) is 4.74 Å². The van der Waals surface area contributed by atoms with Crippen LogP contribution in [0, 0.1) is 11.8 Å². The quantitative estimate of drug-likeness (QED) is 0.606. The van der Waals surface area contributed by atoms with Crippen molar-refractivity contribution in [3.8, 4) is 0 Å². The molecule has 1 aliphatic carbocycles. The first-order valence-corrected chi connectivity index (χ1v) is 4.94. The molecule has 2 nitrogen and oxygen atoms in total. The minimum Gasteiger partial charge on any atom is -0.393 e. The number of aliphatic hydroxyl groups excluding tert-OH is 1. The zero-order valence-electron chi connectivity index (χ0n) is 7.92. The van der Waals surface area contributed by atoms with Gasteiger partial charge in [-0.05, 0) is 25.7 Å². The third-order valence-electron chi connectivity index (χ3n) is 3.46. The molecule has 1 heterocycles. The van der Waals surface area contributed by atoms with Gasteiger partial charge in [-0.15, -0.1) is 0 Å². The van der Waals surface area contributed by atoms with Crippen molar-refractivity contribution in [1.82, 2.24) is 0 Å². The Morgan fingerprint density at radius 3 is 2.58 bits per heavy atom. The van der Waals surface area contributed by atoms with E-state index in [9.17, 15) is 5.11 Å². The largest absolute Gasteiger partial charge is 0.393 e. The van der Waals surface area contributed by atoms with Crippen molar-refractivity contribution in [2.24, 2.45) is 11.8 Å². The molecule has 70 valence electrons. The molecule has 4 atom stereocenters. The Bertz CT molecular complexity index is 175. The van der Waals surface area contributed by atoms with E-state index >= 15 is 0 Å². The third kappa shape index (κ3) is 1.38. The van der Waals surface area contributed by atoms with Crippen LogP contribution in [0.5, 0.6) is 0 Å². The molecule has 0 amide bonds. The van der Waals surface area contributed by atoms with E-state index in [2.05, 4.69) is 13.8 Å². The maximum atomic E-state index is 9.83. The van der Waals surface area contributed by atoms with Crippen LogP contribution in [0.3, 0.4) is 0 Å². The number of hydrogen-bond acceptors (Lipinski definition) is 2. The van der Waals surface area contributed by atoms with E-state index in [1.54, 1.807) is 0 Å². The van der Waals surface area contributed by atoms with Crippen LogP contribution in [-0.4, -0.2) is 23.4 Å². The second-order valence-corrected chi connectivity index (χ2v) is 4.69. The molecular weight excluding hydrogens is 152 g/mol. The van der Waals surface area contributed by atoms with E-state index < -0.39 is 0 Å². The number of hydrogen-bond donors (Lipinski definition) is 1. The molecule has 1 saturated heterocycles. The summed E-state index contributed by atoms with van der Waals surface area (Å²) >= 11 is 0. The first-order chi connectivity index (χ1) is 5.62. The molecule has 1 aliphatic heterocycles. The zero-order chi connectivity index (χ0) is 8.77. The average Bonchev–Trinajstić information content (AvgIpc) is 2.68. The van der Waals surface area contributed by atoms with Crippen LogP contribution in [0.1, 0.15) is 33.1 Å².